The average Bonchev–Trinajstić information content (AvgIpc) is 1.90. The third-order valence-corrected chi connectivity index (χ3v) is 3.26. The van der Waals surface area contributed by atoms with Gasteiger partial charge in [-0.15, -0.1) is 0 Å². The lowest BCUT2D eigenvalue weighted by Gasteiger charge is -2.24. The minimum Gasteiger partial charge on any atom is -0.412 e. The third-order valence-electron chi connectivity index (χ3n) is 2.21. The highest BCUT2D eigenvalue weighted by Crippen LogP contribution is 2.27. The molecule has 0 amide bonds. The maximum atomic E-state index is 2.35. The van der Waals surface area contributed by atoms with Crippen LogP contribution >= 0.6 is 11.8 Å². The summed E-state index contributed by atoms with van der Waals surface area (Å²) >= 11 is 2.12. The number of rotatable bonds is 1. The molecule has 1 fully saturated rings. The molecular weight excluding hydrogens is 160 g/mol. The molecular formula is C8H20O2S. The number of hydrogen-bond acceptors (Lipinski definition) is 1. The lowest BCUT2D eigenvalue weighted by atomic mass is 9.91. The molecule has 0 atom stereocenters. The van der Waals surface area contributed by atoms with Crippen molar-refractivity contribution in [2.24, 2.45) is 11.8 Å². The highest BCUT2D eigenvalue weighted by molar-refractivity contribution is 7.99. The first-order chi connectivity index (χ1) is 4.30. The minimum atomic E-state index is 0. The summed E-state index contributed by atoms with van der Waals surface area (Å²) in [5.41, 5.74) is 0. The van der Waals surface area contributed by atoms with Gasteiger partial charge in [-0.05, 0) is 36.2 Å². The Bertz CT molecular complexity index is 80.2. The average molecular weight is 180 g/mol. The van der Waals surface area contributed by atoms with Crippen molar-refractivity contribution in [2.75, 3.05) is 11.5 Å². The standard InChI is InChI=1S/C8H16S.2H2O/c1-7(2)8-3-5-9-6-4-8;;/h7-8H,3-6H2,1-2H3;2*1H2. The summed E-state index contributed by atoms with van der Waals surface area (Å²) < 4.78 is 0. The third kappa shape index (κ3) is 4.67. The summed E-state index contributed by atoms with van der Waals surface area (Å²) in [6.07, 6.45) is 2.92. The van der Waals surface area contributed by atoms with Crippen LogP contribution in [0.5, 0.6) is 0 Å². The van der Waals surface area contributed by atoms with Crippen LogP contribution in [0.4, 0.5) is 0 Å². The summed E-state index contributed by atoms with van der Waals surface area (Å²) in [5.74, 6) is 4.77. The van der Waals surface area contributed by atoms with Gasteiger partial charge in [-0.3, -0.25) is 0 Å². The fraction of sp³-hybridized carbons (Fsp3) is 1.00. The predicted octanol–water partition coefficient (Wildman–Crippen LogP) is 1.14. The molecule has 3 heteroatoms. The van der Waals surface area contributed by atoms with Crippen LogP contribution in [0.15, 0.2) is 0 Å². The Morgan fingerprint density at radius 2 is 1.55 bits per heavy atom. The molecule has 1 aliphatic rings. The molecule has 1 saturated heterocycles. The summed E-state index contributed by atoms with van der Waals surface area (Å²) in [7, 11) is 0. The fourth-order valence-corrected chi connectivity index (χ4v) is 2.53. The van der Waals surface area contributed by atoms with Crippen LogP contribution in [0.3, 0.4) is 0 Å². The molecule has 4 N–H and O–H groups in total. The van der Waals surface area contributed by atoms with E-state index in [1.54, 1.807) is 0 Å². The summed E-state index contributed by atoms with van der Waals surface area (Å²) in [5, 5.41) is 0. The van der Waals surface area contributed by atoms with E-state index in [0.29, 0.717) is 0 Å². The van der Waals surface area contributed by atoms with Crippen molar-refractivity contribution >= 4 is 11.8 Å². The Morgan fingerprint density at radius 1 is 1.09 bits per heavy atom. The van der Waals surface area contributed by atoms with Gasteiger partial charge < -0.3 is 11.0 Å². The first kappa shape index (κ1) is 13.8. The van der Waals surface area contributed by atoms with Crippen LogP contribution in [-0.4, -0.2) is 22.5 Å². The molecule has 0 aromatic rings. The van der Waals surface area contributed by atoms with E-state index in [0.717, 1.165) is 11.8 Å². The van der Waals surface area contributed by atoms with E-state index in [4.69, 9.17) is 0 Å². The van der Waals surface area contributed by atoms with Gasteiger partial charge in [0.2, 0.25) is 0 Å². The monoisotopic (exact) mass is 180 g/mol. The van der Waals surface area contributed by atoms with Gasteiger partial charge in [0.05, 0.1) is 0 Å². The lowest BCUT2D eigenvalue weighted by Crippen LogP contribution is -2.14. The van der Waals surface area contributed by atoms with Crippen molar-refractivity contribution in [1.82, 2.24) is 0 Å². The molecule has 0 aliphatic carbocycles. The molecule has 11 heavy (non-hydrogen) atoms. The quantitative estimate of drug-likeness (QED) is 0.596. The smallest absolute Gasteiger partial charge is 0.00648 e. The van der Waals surface area contributed by atoms with Crippen LogP contribution in [0, 0.1) is 11.8 Å². The van der Waals surface area contributed by atoms with Crippen LogP contribution in [0.2, 0.25) is 0 Å². The number of thioether (sulfide) groups is 1. The molecule has 0 spiro atoms. The zero-order chi connectivity index (χ0) is 6.69. The van der Waals surface area contributed by atoms with Crippen molar-refractivity contribution in [3.63, 3.8) is 0 Å². The van der Waals surface area contributed by atoms with E-state index in [-0.39, 0.29) is 11.0 Å². The van der Waals surface area contributed by atoms with Crippen LogP contribution < -0.4 is 0 Å². The van der Waals surface area contributed by atoms with Gasteiger partial charge in [0.15, 0.2) is 0 Å². The highest BCUT2D eigenvalue weighted by Gasteiger charge is 2.15. The van der Waals surface area contributed by atoms with Gasteiger partial charge in [0.25, 0.3) is 0 Å². The normalized spacial score (nSPS) is 18.8. The van der Waals surface area contributed by atoms with Crippen LogP contribution in [-0.2, 0) is 0 Å². The van der Waals surface area contributed by atoms with E-state index in [2.05, 4.69) is 25.6 Å². The SMILES string of the molecule is CC(C)C1CCSCC1.O.O. The van der Waals surface area contributed by atoms with Crippen LogP contribution in [0.1, 0.15) is 26.7 Å². The molecule has 1 rings (SSSR count). The van der Waals surface area contributed by atoms with Crippen molar-refractivity contribution < 1.29 is 11.0 Å². The summed E-state index contributed by atoms with van der Waals surface area (Å²) in [6.45, 7) is 4.70. The second-order valence-electron chi connectivity index (χ2n) is 3.19. The second kappa shape index (κ2) is 6.95. The molecule has 1 heterocycles. The molecule has 0 saturated carbocycles. The molecule has 0 unspecified atom stereocenters. The van der Waals surface area contributed by atoms with E-state index >= 15 is 0 Å². The predicted molar refractivity (Wildman–Crippen MR) is 52.1 cm³/mol. The van der Waals surface area contributed by atoms with Gasteiger partial charge in [0, 0.05) is 0 Å². The molecule has 0 aromatic carbocycles. The number of hydrogen-bond donors (Lipinski definition) is 0. The Kier molecular flexibility index (Phi) is 8.74. The van der Waals surface area contributed by atoms with Gasteiger partial charge in [-0.25, -0.2) is 0 Å². The largest absolute Gasteiger partial charge is 0.412 e. The van der Waals surface area contributed by atoms with E-state index in [1.165, 1.54) is 24.3 Å². The molecule has 2 nitrogen and oxygen atoms in total. The zero-order valence-electron chi connectivity index (χ0n) is 7.39. The Labute approximate surface area is 73.4 Å². The summed E-state index contributed by atoms with van der Waals surface area (Å²) in [6, 6.07) is 0. The molecule has 0 radical (unpaired) electrons. The first-order valence-electron chi connectivity index (χ1n) is 3.88. The van der Waals surface area contributed by atoms with Gasteiger partial charge >= 0.3 is 0 Å². The van der Waals surface area contributed by atoms with Gasteiger partial charge in [-0.2, -0.15) is 11.8 Å². The second-order valence-corrected chi connectivity index (χ2v) is 4.42. The first-order valence-corrected chi connectivity index (χ1v) is 5.04. The van der Waals surface area contributed by atoms with Gasteiger partial charge in [0.1, 0.15) is 0 Å². The Balaban J connectivity index is 0. The Hall–Kier alpha value is 0.270. The van der Waals surface area contributed by atoms with Crippen molar-refractivity contribution in [3.05, 3.63) is 0 Å². The molecule has 70 valence electrons. The van der Waals surface area contributed by atoms with E-state index < -0.39 is 0 Å². The van der Waals surface area contributed by atoms with E-state index in [9.17, 15) is 0 Å². The maximum absolute atomic E-state index is 2.35. The molecule has 1 aliphatic heterocycles. The zero-order valence-corrected chi connectivity index (χ0v) is 8.21. The maximum Gasteiger partial charge on any atom is -0.00648 e. The van der Waals surface area contributed by atoms with E-state index in [1.807, 2.05) is 0 Å². The topological polar surface area (TPSA) is 63.0 Å². The fourth-order valence-electron chi connectivity index (χ4n) is 1.38. The molecule has 0 aromatic heterocycles. The van der Waals surface area contributed by atoms with Crippen molar-refractivity contribution in [2.45, 2.75) is 26.7 Å². The lowest BCUT2D eigenvalue weighted by molar-refractivity contribution is 0.361. The van der Waals surface area contributed by atoms with Crippen molar-refractivity contribution in [3.8, 4) is 0 Å². The Morgan fingerprint density at radius 3 is 1.82 bits per heavy atom. The van der Waals surface area contributed by atoms with Crippen LogP contribution in [0.25, 0.3) is 0 Å². The minimum absolute atomic E-state index is 0. The summed E-state index contributed by atoms with van der Waals surface area (Å²) in [4.78, 5) is 0. The van der Waals surface area contributed by atoms with Gasteiger partial charge in [-0.1, -0.05) is 13.8 Å². The molecule has 0 bridgehead atoms. The highest BCUT2D eigenvalue weighted by atomic mass is 32.2. The van der Waals surface area contributed by atoms with Crippen molar-refractivity contribution in [1.29, 1.82) is 0 Å².